The lowest BCUT2D eigenvalue weighted by molar-refractivity contribution is 0.149. The molecule has 0 bridgehead atoms. The van der Waals surface area contributed by atoms with E-state index in [1.807, 2.05) is 13.8 Å². The minimum Gasteiger partial charge on any atom is -0.382 e. The average molecular weight is 161 g/mol. The highest BCUT2D eigenvalue weighted by atomic mass is 16.5. The van der Waals surface area contributed by atoms with Crippen LogP contribution in [0.1, 0.15) is 13.8 Å². The first-order valence-corrected chi connectivity index (χ1v) is 3.26. The van der Waals surface area contributed by atoms with E-state index in [-0.39, 0.29) is 5.96 Å². The molecule has 0 spiro atoms. The van der Waals surface area contributed by atoms with Gasteiger partial charge in [-0.3, -0.25) is 5.21 Å². The molecule has 0 aromatic rings. The van der Waals surface area contributed by atoms with Crippen LogP contribution in [-0.4, -0.2) is 30.4 Å². The quantitative estimate of drug-likeness (QED) is 0.302. The summed E-state index contributed by atoms with van der Waals surface area (Å²) in [5.41, 5.74) is 6.57. The van der Waals surface area contributed by atoms with E-state index in [2.05, 4.69) is 4.99 Å². The molecule has 5 nitrogen and oxygen atoms in total. The van der Waals surface area contributed by atoms with Gasteiger partial charge in [-0.2, -0.15) is 0 Å². The molecule has 0 fully saturated rings. The van der Waals surface area contributed by atoms with Crippen molar-refractivity contribution in [1.82, 2.24) is 5.48 Å². The van der Waals surface area contributed by atoms with Gasteiger partial charge in [0.2, 0.25) is 5.96 Å². The molecule has 4 N–H and O–H groups in total. The molecule has 0 aromatic carbocycles. The zero-order chi connectivity index (χ0) is 8.91. The minimum absolute atomic E-state index is 0.00736. The van der Waals surface area contributed by atoms with E-state index >= 15 is 0 Å². The number of aliphatic imine (C=N–C) groups is 1. The summed E-state index contributed by atoms with van der Waals surface area (Å²) in [6.07, 6.45) is 0. The Morgan fingerprint density at radius 1 is 1.73 bits per heavy atom. The third kappa shape index (κ3) is 4.58. The molecule has 66 valence electrons. The van der Waals surface area contributed by atoms with E-state index in [0.29, 0.717) is 6.61 Å². The Morgan fingerprint density at radius 2 is 2.27 bits per heavy atom. The largest absolute Gasteiger partial charge is 0.382 e. The van der Waals surface area contributed by atoms with Crippen LogP contribution in [0.2, 0.25) is 0 Å². The van der Waals surface area contributed by atoms with Crippen LogP contribution in [0.5, 0.6) is 0 Å². The van der Waals surface area contributed by atoms with E-state index in [0.717, 1.165) is 0 Å². The Kier molecular flexibility index (Phi) is 3.84. The first-order chi connectivity index (χ1) is 5.02. The number of nitrogens with two attached hydrogens (primary N) is 1. The van der Waals surface area contributed by atoms with Crippen LogP contribution in [0.15, 0.2) is 4.99 Å². The van der Waals surface area contributed by atoms with Crippen LogP contribution in [0.3, 0.4) is 0 Å². The average Bonchev–Trinajstić information content (AvgIpc) is 1.86. The van der Waals surface area contributed by atoms with Gasteiger partial charge in [0.05, 0.1) is 12.1 Å². The molecule has 11 heavy (non-hydrogen) atoms. The topological polar surface area (TPSA) is 79.9 Å². The molecule has 0 radical (unpaired) electrons. The predicted molar refractivity (Wildman–Crippen MR) is 42.5 cm³/mol. The molecule has 0 heterocycles. The van der Waals surface area contributed by atoms with Gasteiger partial charge in [0.15, 0.2) is 0 Å². The maximum atomic E-state index is 8.32. The van der Waals surface area contributed by atoms with Crippen molar-refractivity contribution < 1.29 is 9.94 Å². The molecule has 0 aromatic heterocycles. The van der Waals surface area contributed by atoms with Crippen molar-refractivity contribution in [3.63, 3.8) is 0 Å². The van der Waals surface area contributed by atoms with E-state index in [9.17, 15) is 0 Å². The van der Waals surface area contributed by atoms with Crippen molar-refractivity contribution in [1.29, 1.82) is 0 Å². The summed E-state index contributed by atoms with van der Waals surface area (Å²) in [5, 5.41) is 8.32. The second-order valence-electron chi connectivity index (χ2n) is 2.85. The Morgan fingerprint density at radius 3 is 2.64 bits per heavy atom. The summed E-state index contributed by atoms with van der Waals surface area (Å²) in [7, 11) is 1.58. The molecule has 0 rings (SSSR count). The third-order valence-corrected chi connectivity index (χ3v) is 1.04. The van der Waals surface area contributed by atoms with Gasteiger partial charge in [-0.1, -0.05) is 0 Å². The number of ether oxygens (including phenoxy) is 1. The molecule has 0 amide bonds. The summed E-state index contributed by atoms with van der Waals surface area (Å²) in [6, 6.07) is 0. The summed E-state index contributed by atoms with van der Waals surface area (Å²) in [6.45, 7) is 4.15. The number of nitrogens with one attached hydrogen (secondary N) is 1. The van der Waals surface area contributed by atoms with Crippen molar-refractivity contribution in [3.05, 3.63) is 0 Å². The molecule has 0 aliphatic heterocycles. The molecule has 0 saturated heterocycles. The van der Waals surface area contributed by atoms with Gasteiger partial charge >= 0.3 is 0 Å². The fraction of sp³-hybridized carbons (Fsp3) is 0.833. The molecule has 0 aliphatic rings. The number of nitrogens with zero attached hydrogens (tertiary/aromatic N) is 1. The second-order valence-corrected chi connectivity index (χ2v) is 2.85. The Hall–Kier alpha value is -0.810. The number of methoxy groups -OCH3 is 1. The highest BCUT2D eigenvalue weighted by Gasteiger charge is 2.15. The van der Waals surface area contributed by atoms with Crippen LogP contribution in [0.25, 0.3) is 0 Å². The maximum Gasteiger partial charge on any atom is 0.213 e. The number of hydrogen-bond acceptors (Lipinski definition) is 3. The van der Waals surface area contributed by atoms with E-state index in [1.54, 1.807) is 12.6 Å². The van der Waals surface area contributed by atoms with Crippen molar-refractivity contribution in [2.75, 3.05) is 13.7 Å². The lowest BCUT2D eigenvalue weighted by Gasteiger charge is -2.18. The summed E-state index contributed by atoms with van der Waals surface area (Å²) < 4.78 is 4.88. The van der Waals surface area contributed by atoms with Crippen molar-refractivity contribution in [2.45, 2.75) is 19.4 Å². The highest BCUT2D eigenvalue weighted by Crippen LogP contribution is 2.07. The number of rotatable bonds is 3. The molecule has 0 unspecified atom stereocenters. The summed E-state index contributed by atoms with van der Waals surface area (Å²) in [5.74, 6) is -0.00736. The molecule has 0 saturated carbocycles. The van der Waals surface area contributed by atoms with Crippen LogP contribution in [0.4, 0.5) is 0 Å². The van der Waals surface area contributed by atoms with E-state index in [1.165, 1.54) is 0 Å². The Balaban J connectivity index is 4.08. The zero-order valence-corrected chi connectivity index (χ0v) is 7.09. The predicted octanol–water partition coefficient (Wildman–Crippen LogP) is -0.295. The van der Waals surface area contributed by atoms with E-state index in [4.69, 9.17) is 15.7 Å². The molecular weight excluding hydrogens is 146 g/mol. The van der Waals surface area contributed by atoms with Crippen LogP contribution >= 0.6 is 0 Å². The molecule has 5 heteroatoms. The van der Waals surface area contributed by atoms with Gasteiger partial charge in [0.25, 0.3) is 0 Å². The van der Waals surface area contributed by atoms with Gasteiger partial charge in [-0.15, -0.1) is 0 Å². The van der Waals surface area contributed by atoms with E-state index < -0.39 is 5.54 Å². The van der Waals surface area contributed by atoms with Crippen LogP contribution < -0.4 is 11.2 Å². The zero-order valence-electron chi connectivity index (χ0n) is 7.09. The summed E-state index contributed by atoms with van der Waals surface area (Å²) in [4.78, 5) is 3.93. The SMILES string of the molecule is COCC(C)(C)N=C(N)NO. The van der Waals surface area contributed by atoms with Crippen LogP contribution in [0, 0.1) is 0 Å². The fourth-order valence-electron chi connectivity index (χ4n) is 0.737. The maximum absolute atomic E-state index is 8.32. The second kappa shape index (κ2) is 4.15. The monoisotopic (exact) mass is 161 g/mol. The van der Waals surface area contributed by atoms with Crippen LogP contribution in [-0.2, 0) is 4.74 Å². The van der Waals surface area contributed by atoms with Gasteiger partial charge in [0, 0.05) is 7.11 Å². The number of hydroxylamine groups is 1. The summed E-state index contributed by atoms with van der Waals surface area (Å²) >= 11 is 0. The van der Waals surface area contributed by atoms with Crippen molar-refractivity contribution >= 4 is 5.96 Å². The number of guanidine groups is 1. The van der Waals surface area contributed by atoms with Gasteiger partial charge in [0.1, 0.15) is 0 Å². The standard InChI is InChI=1S/C6H15N3O2/c1-6(2,4-11-3)8-5(7)9-10/h10H,4H2,1-3H3,(H3,7,8,9). The molecular formula is C6H15N3O2. The lowest BCUT2D eigenvalue weighted by Crippen LogP contribution is -2.35. The lowest BCUT2D eigenvalue weighted by atomic mass is 10.1. The molecule has 0 aliphatic carbocycles. The third-order valence-electron chi connectivity index (χ3n) is 1.04. The highest BCUT2D eigenvalue weighted by molar-refractivity contribution is 5.76. The van der Waals surface area contributed by atoms with Crippen molar-refractivity contribution in [2.24, 2.45) is 10.7 Å². The normalized spacial score (nSPS) is 13.3. The first kappa shape index (κ1) is 10.2. The smallest absolute Gasteiger partial charge is 0.213 e. The van der Waals surface area contributed by atoms with Gasteiger partial charge < -0.3 is 10.5 Å². The fourth-order valence-corrected chi connectivity index (χ4v) is 0.737. The number of hydrogen-bond donors (Lipinski definition) is 3. The van der Waals surface area contributed by atoms with Gasteiger partial charge in [-0.05, 0) is 13.8 Å². The Bertz CT molecular complexity index is 145. The van der Waals surface area contributed by atoms with Gasteiger partial charge in [-0.25, -0.2) is 10.5 Å². The Labute approximate surface area is 66.2 Å². The minimum atomic E-state index is -0.408. The molecule has 0 atom stereocenters. The first-order valence-electron chi connectivity index (χ1n) is 3.26. The van der Waals surface area contributed by atoms with Crippen molar-refractivity contribution in [3.8, 4) is 0 Å².